The molecule has 0 saturated heterocycles. The van der Waals surface area contributed by atoms with Crippen molar-refractivity contribution < 1.29 is 9.90 Å². The first-order valence-electron chi connectivity index (χ1n) is 6.91. The van der Waals surface area contributed by atoms with Crippen LogP contribution in [0.3, 0.4) is 0 Å². The zero-order chi connectivity index (χ0) is 14.5. The molecule has 3 nitrogen and oxygen atoms in total. The second-order valence-electron chi connectivity index (χ2n) is 5.65. The second kappa shape index (κ2) is 6.71. The molecule has 0 saturated carbocycles. The maximum atomic E-state index is 12.3. The molecule has 0 heterocycles. The van der Waals surface area contributed by atoms with Gasteiger partial charge < -0.3 is 10.4 Å². The van der Waals surface area contributed by atoms with Crippen LogP contribution in [0.5, 0.6) is 0 Å². The molecule has 0 aliphatic carbocycles. The fraction of sp³-hybridized carbons (Fsp3) is 0.562. The van der Waals surface area contributed by atoms with Gasteiger partial charge >= 0.3 is 0 Å². The molecule has 2 unspecified atom stereocenters. The van der Waals surface area contributed by atoms with Crippen molar-refractivity contribution in [3.05, 3.63) is 35.9 Å². The first-order chi connectivity index (χ1) is 8.89. The van der Waals surface area contributed by atoms with Crippen LogP contribution in [0.1, 0.15) is 39.7 Å². The van der Waals surface area contributed by atoms with Crippen molar-refractivity contribution in [1.82, 2.24) is 5.32 Å². The summed E-state index contributed by atoms with van der Waals surface area (Å²) in [4.78, 5) is 12.3. The predicted octanol–water partition coefficient (Wildman–Crippen LogP) is 2.49. The van der Waals surface area contributed by atoms with E-state index in [1.54, 1.807) is 0 Å². The number of benzene rings is 1. The molecule has 2 atom stereocenters. The number of rotatable bonds is 6. The van der Waals surface area contributed by atoms with Crippen molar-refractivity contribution in [2.45, 2.75) is 45.6 Å². The van der Waals surface area contributed by atoms with Gasteiger partial charge in [-0.15, -0.1) is 0 Å². The van der Waals surface area contributed by atoms with Crippen molar-refractivity contribution in [2.24, 2.45) is 5.92 Å². The number of aliphatic hydroxyl groups excluding tert-OH is 1. The Balaban J connectivity index is 2.63. The Kier molecular flexibility index (Phi) is 5.55. The summed E-state index contributed by atoms with van der Waals surface area (Å²) in [6.07, 6.45) is 0.416. The van der Waals surface area contributed by atoms with Gasteiger partial charge in [-0.1, -0.05) is 50.6 Å². The fourth-order valence-electron chi connectivity index (χ4n) is 1.88. The number of hydrogen-bond donors (Lipinski definition) is 2. The van der Waals surface area contributed by atoms with Gasteiger partial charge in [-0.3, -0.25) is 4.79 Å². The highest BCUT2D eigenvalue weighted by atomic mass is 16.3. The lowest BCUT2D eigenvalue weighted by Gasteiger charge is -2.26. The summed E-state index contributed by atoms with van der Waals surface area (Å²) in [5.41, 5.74) is 0.390. The molecule has 106 valence electrons. The molecule has 0 aliphatic heterocycles. The Hall–Kier alpha value is -1.35. The Morgan fingerprint density at radius 2 is 1.89 bits per heavy atom. The molecule has 1 aromatic carbocycles. The minimum atomic E-state index is -0.587. The van der Waals surface area contributed by atoms with E-state index in [1.807, 2.05) is 58.0 Å². The SMILES string of the molecule is CCC(C)C(O)CNC(=O)C(C)(C)c1ccccc1. The molecular formula is C16H25NO2. The molecule has 1 amide bonds. The number of carbonyl (C=O) groups excluding carboxylic acids is 1. The fourth-order valence-corrected chi connectivity index (χ4v) is 1.88. The zero-order valence-corrected chi connectivity index (χ0v) is 12.3. The van der Waals surface area contributed by atoms with Gasteiger partial charge in [0.2, 0.25) is 5.91 Å². The molecule has 1 aromatic rings. The zero-order valence-electron chi connectivity index (χ0n) is 12.3. The number of hydrogen-bond acceptors (Lipinski definition) is 2. The maximum Gasteiger partial charge on any atom is 0.230 e. The Labute approximate surface area is 116 Å². The van der Waals surface area contributed by atoms with Crippen molar-refractivity contribution in [3.63, 3.8) is 0 Å². The summed E-state index contributed by atoms with van der Waals surface area (Å²) in [6.45, 7) is 8.12. The van der Waals surface area contributed by atoms with E-state index in [0.29, 0.717) is 6.54 Å². The molecule has 3 heteroatoms. The van der Waals surface area contributed by atoms with E-state index in [2.05, 4.69) is 5.32 Å². The topological polar surface area (TPSA) is 49.3 Å². The normalized spacial score (nSPS) is 14.8. The van der Waals surface area contributed by atoms with E-state index < -0.39 is 11.5 Å². The molecule has 0 bridgehead atoms. The van der Waals surface area contributed by atoms with Crippen LogP contribution >= 0.6 is 0 Å². The number of aliphatic hydroxyl groups is 1. The van der Waals surface area contributed by atoms with E-state index >= 15 is 0 Å². The van der Waals surface area contributed by atoms with Gasteiger partial charge in [0.25, 0.3) is 0 Å². The molecule has 0 aromatic heterocycles. The first-order valence-corrected chi connectivity index (χ1v) is 6.91. The molecule has 0 spiro atoms. The lowest BCUT2D eigenvalue weighted by atomic mass is 9.83. The van der Waals surface area contributed by atoms with Crippen LogP contribution in [0.15, 0.2) is 30.3 Å². The first kappa shape index (κ1) is 15.7. The summed E-state index contributed by atoms with van der Waals surface area (Å²) in [6, 6.07) is 9.69. The highest BCUT2D eigenvalue weighted by molar-refractivity contribution is 5.87. The van der Waals surface area contributed by atoms with E-state index in [9.17, 15) is 9.90 Å². The molecule has 19 heavy (non-hydrogen) atoms. The van der Waals surface area contributed by atoms with Crippen LogP contribution in [-0.2, 0) is 10.2 Å². The van der Waals surface area contributed by atoms with Gasteiger partial charge in [0.05, 0.1) is 11.5 Å². The number of carbonyl (C=O) groups is 1. The molecule has 0 radical (unpaired) electrons. The summed E-state index contributed by atoms with van der Waals surface area (Å²) in [5.74, 6) is 0.140. The number of amides is 1. The van der Waals surface area contributed by atoms with Gasteiger partial charge in [-0.05, 0) is 25.3 Å². The van der Waals surface area contributed by atoms with Crippen molar-refractivity contribution in [2.75, 3.05) is 6.54 Å². The highest BCUT2D eigenvalue weighted by Gasteiger charge is 2.29. The van der Waals surface area contributed by atoms with Crippen LogP contribution < -0.4 is 5.32 Å². The molecule has 0 fully saturated rings. The smallest absolute Gasteiger partial charge is 0.230 e. The molecular weight excluding hydrogens is 238 g/mol. The third kappa shape index (κ3) is 4.06. The minimum Gasteiger partial charge on any atom is -0.391 e. The maximum absolute atomic E-state index is 12.3. The van der Waals surface area contributed by atoms with Crippen LogP contribution in [0.2, 0.25) is 0 Å². The van der Waals surface area contributed by atoms with Crippen LogP contribution in [-0.4, -0.2) is 23.7 Å². The Morgan fingerprint density at radius 3 is 2.42 bits per heavy atom. The van der Waals surface area contributed by atoms with Crippen molar-refractivity contribution >= 4 is 5.91 Å². The van der Waals surface area contributed by atoms with Crippen LogP contribution in [0.4, 0.5) is 0 Å². The third-order valence-electron chi connectivity index (χ3n) is 3.84. The third-order valence-corrected chi connectivity index (χ3v) is 3.84. The lowest BCUT2D eigenvalue weighted by molar-refractivity contribution is -0.126. The number of nitrogens with one attached hydrogen (secondary N) is 1. The Bertz CT molecular complexity index is 400. The second-order valence-corrected chi connectivity index (χ2v) is 5.65. The van der Waals surface area contributed by atoms with E-state index in [-0.39, 0.29) is 11.8 Å². The summed E-state index contributed by atoms with van der Waals surface area (Å²) >= 11 is 0. The van der Waals surface area contributed by atoms with Crippen LogP contribution in [0.25, 0.3) is 0 Å². The summed E-state index contributed by atoms with van der Waals surface area (Å²) in [7, 11) is 0. The lowest BCUT2D eigenvalue weighted by Crippen LogP contribution is -2.44. The van der Waals surface area contributed by atoms with Gasteiger partial charge in [0.15, 0.2) is 0 Å². The average Bonchev–Trinajstić information content (AvgIpc) is 2.44. The standard InChI is InChI=1S/C16H25NO2/c1-5-12(2)14(18)11-17-15(19)16(3,4)13-9-7-6-8-10-13/h6-10,12,14,18H,5,11H2,1-4H3,(H,17,19). The van der Waals surface area contributed by atoms with E-state index in [0.717, 1.165) is 12.0 Å². The monoisotopic (exact) mass is 263 g/mol. The van der Waals surface area contributed by atoms with Crippen LogP contribution in [0, 0.1) is 5.92 Å². The highest BCUT2D eigenvalue weighted by Crippen LogP contribution is 2.23. The van der Waals surface area contributed by atoms with Gasteiger partial charge in [0, 0.05) is 6.54 Å². The average molecular weight is 263 g/mol. The van der Waals surface area contributed by atoms with Gasteiger partial charge in [0.1, 0.15) is 0 Å². The van der Waals surface area contributed by atoms with E-state index in [1.165, 1.54) is 0 Å². The van der Waals surface area contributed by atoms with Crippen molar-refractivity contribution in [3.8, 4) is 0 Å². The molecule has 2 N–H and O–H groups in total. The summed E-state index contributed by atoms with van der Waals surface area (Å²) < 4.78 is 0. The van der Waals surface area contributed by atoms with Crippen molar-refractivity contribution in [1.29, 1.82) is 0 Å². The molecule has 1 rings (SSSR count). The summed E-state index contributed by atoms with van der Waals surface area (Å²) in [5, 5.41) is 12.7. The molecule has 0 aliphatic rings. The quantitative estimate of drug-likeness (QED) is 0.828. The van der Waals surface area contributed by atoms with Gasteiger partial charge in [-0.25, -0.2) is 0 Å². The minimum absolute atomic E-state index is 0.0546. The Morgan fingerprint density at radius 1 is 1.32 bits per heavy atom. The largest absolute Gasteiger partial charge is 0.391 e. The van der Waals surface area contributed by atoms with Gasteiger partial charge in [-0.2, -0.15) is 0 Å². The van der Waals surface area contributed by atoms with E-state index in [4.69, 9.17) is 0 Å². The predicted molar refractivity (Wildman–Crippen MR) is 77.9 cm³/mol.